The van der Waals surface area contributed by atoms with Crippen molar-refractivity contribution in [2.24, 2.45) is 0 Å². The SMILES string of the molecule is CCc1ccccc1NC(=O)CN1CCN(C(=O)c2cccc(CSC)c2)CC1. The number of carbonyl (C=O) groups is 2. The van der Waals surface area contributed by atoms with Crippen LogP contribution in [0.5, 0.6) is 0 Å². The lowest BCUT2D eigenvalue weighted by molar-refractivity contribution is -0.117. The van der Waals surface area contributed by atoms with Crippen LogP contribution in [0.25, 0.3) is 0 Å². The van der Waals surface area contributed by atoms with E-state index < -0.39 is 0 Å². The van der Waals surface area contributed by atoms with Crippen molar-refractivity contribution in [2.75, 3.05) is 44.3 Å². The van der Waals surface area contributed by atoms with E-state index in [1.165, 1.54) is 5.56 Å². The third-order valence-corrected chi connectivity index (χ3v) is 5.81. The molecule has 0 saturated carbocycles. The fraction of sp³-hybridized carbons (Fsp3) is 0.391. The summed E-state index contributed by atoms with van der Waals surface area (Å²) in [6, 6.07) is 15.8. The maximum absolute atomic E-state index is 12.8. The molecule has 0 spiro atoms. The molecule has 0 aliphatic carbocycles. The molecule has 1 aliphatic rings. The van der Waals surface area contributed by atoms with E-state index in [2.05, 4.69) is 29.5 Å². The van der Waals surface area contributed by atoms with Crippen molar-refractivity contribution in [3.05, 3.63) is 65.2 Å². The van der Waals surface area contributed by atoms with Crippen LogP contribution < -0.4 is 5.32 Å². The predicted molar refractivity (Wildman–Crippen MR) is 120 cm³/mol. The van der Waals surface area contributed by atoms with Gasteiger partial charge in [0.05, 0.1) is 6.54 Å². The number of rotatable bonds is 7. The number of hydrogen-bond donors (Lipinski definition) is 1. The lowest BCUT2D eigenvalue weighted by atomic mass is 10.1. The van der Waals surface area contributed by atoms with Gasteiger partial charge in [-0.2, -0.15) is 11.8 Å². The highest BCUT2D eigenvalue weighted by molar-refractivity contribution is 7.97. The first kappa shape index (κ1) is 21.4. The van der Waals surface area contributed by atoms with Gasteiger partial charge in [-0.15, -0.1) is 0 Å². The zero-order chi connectivity index (χ0) is 20.6. The van der Waals surface area contributed by atoms with Gasteiger partial charge < -0.3 is 10.2 Å². The minimum absolute atomic E-state index is 0.00422. The Morgan fingerprint density at radius 2 is 1.79 bits per heavy atom. The van der Waals surface area contributed by atoms with Crippen LogP contribution >= 0.6 is 11.8 Å². The number of carbonyl (C=O) groups excluding carboxylic acids is 2. The molecule has 1 fully saturated rings. The summed E-state index contributed by atoms with van der Waals surface area (Å²) in [7, 11) is 0. The van der Waals surface area contributed by atoms with Crippen LogP contribution in [-0.4, -0.2) is 60.6 Å². The van der Waals surface area contributed by atoms with E-state index in [4.69, 9.17) is 0 Å². The van der Waals surface area contributed by atoms with Crippen LogP contribution in [0.15, 0.2) is 48.5 Å². The number of anilines is 1. The molecule has 2 amide bonds. The molecule has 0 aromatic heterocycles. The lowest BCUT2D eigenvalue weighted by Crippen LogP contribution is -2.50. The molecule has 0 atom stereocenters. The molecule has 0 radical (unpaired) electrons. The number of hydrogen-bond acceptors (Lipinski definition) is 4. The number of aryl methyl sites for hydroxylation is 1. The van der Waals surface area contributed by atoms with E-state index in [-0.39, 0.29) is 11.8 Å². The van der Waals surface area contributed by atoms with Gasteiger partial charge in [-0.3, -0.25) is 14.5 Å². The monoisotopic (exact) mass is 411 g/mol. The Morgan fingerprint density at radius 1 is 1.03 bits per heavy atom. The molecular weight excluding hydrogens is 382 g/mol. The van der Waals surface area contributed by atoms with Crippen LogP contribution in [0.1, 0.15) is 28.4 Å². The fourth-order valence-electron chi connectivity index (χ4n) is 3.60. The zero-order valence-corrected chi connectivity index (χ0v) is 18.0. The Kier molecular flexibility index (Phi) is 7.72. The molecule has 29 heavy (non-hydrogen) atoms. The number of piperazine rings is 1. The maximum Gasteiger partial charge on any atom is 0.253 e. The minimum Gasteiger partial charge on any atom is -0.336 e. The first-order valence-corrected chi connectivity index (χ1v) is 11.5. The minimum atomic E-state index is -0.00422. The maximum atomic E-state index is 12.8. The molecule has 2 aromatic rings. The van der Waals surface area contributed by atoms with Crippen molar-refractivity contribution < 1.29 is 9.59 Å². The van der Waals surface area contributed by atoms with E-state index in [0.29, 0.717) is 32.7 Å². The average Bonchev–Trinajstić information content (AvgIpc) is 2.74. The van der Waals surface area contributed by atoms with Gasteiger partial charge in [-0.25, -0.2) is 0 Å². The average molecular weight is 412 g/mol. The summed E-state index contributed by atoms with van der Waals surface area (Å²) in [5.41, 5.74) is 3.95. The van der Waals surface area contributed by atoms with Gasteiger partial charge in [0.1, 0.15) is 0 Å². The number of benzene rings is 2. The van der Waals surface area contributed by atoms with Crippen LogP contribution in [-0.2, 0) is 17.0 Å². The highest BCUT2D eigenvalue weighted by Crippen LogP contribution is 2.16. The third-order valence-electron chi connectivity index (χ3n) is 5.18. The molecule has 0 unspecified atom stereocenters. The summed E-state index contributed by atoms with van der Waals surface area (Å²) in [5, 5.41) is 3.02. The molecule has 0 bridgehead atoms. The van der Waals surface area contributed by atoms with Gasteiger partial charge in [-0.05, 0) is 42.0 Å². The molecule has 2 aromatic carbocycles. The molecule has 3 rings (SSSR count). The topological polar surface area (TPSA) is 52.7 Å². The quantitative estimate of drug-likeness (QED) is 0.758. The molecule has 5 nitrogen and oxygen atoms in total. The van der Waals surface area contributed by atoms with Gasteiger partial charge in [0, 0.05) is 43.2 Å². The summed E-state index contributed by atoms with van der Waals surface area (Å²) in [4.78, 5) is 29.3. The standard InChI is InChI=1S/C23H29N3O2S/c1-3-19-8-4-5-10-21(19)24-22(27)16-25-11-13-26(14-12-25)23(28)20-9-6-7-18(15-20)17-29-2/h4-10,15H,3,11-14,16-17H2,1-2H3,(H,24,27). The van der Waals surface area contributed by atoms with Crippen LogP contribution in [0.2, 0.25) is 0 Å². The Hall–Kier alpha value is -2.31. The van der Waals surface area contributed by atoms with Gasteiger partial charge in [0.2, 0.25) is 5.91 Å². The first-order valence-electron chi connectivity index (χ1n) is 10.1. The van der Waals surface area contributed by atoms with Crippen molar-refractivity contribution in [3.63, 3.8) is 0 Å². The fourth-order valence-corrected chi connectivity index (χ4v) is 4.11. The van der Waals surface area contributed by atoms with Gasteiger partial charge in [-0.1, -0.05) is 37.3 Å². The van der Waals surface area contributed by atoms with Gasteiger partial charge in [0.15, 0.2) is 0 Å². The van der Waals surface area contributed by atoms with Crippen molar-refractivity contribution >= 4 is 29.3 Å². The smallest absolute Gasteiger partial charge is 0.253 e. The van der Waals surface area contributed by atoms with Crippen LogP contribution in [0.3, 0.4) is 0 Å². The van der Waals surface area contributed by atoms with Crippen molar-refractivity contribution in [1.82, 2.24) is 9.80 Å². The number of nitrogens with zero attached hydrogens (tertiary/aromatic N) is 2. The van der Waals surface area contributed by atoms with Crippen molar-refractivity contribution in [3.8, 4) is 0 Å². The Morgan fingerprint density at radius 3 is 2.52 bits per heavy atom. The Balaban J connectivity index is 1.50. The summed E-state index contributed by atoms with van der Waals surface area (Å²) in [5.74, 6) is 0.981. The van der Waals surface area contributed by atoms with E-state index >= 15 is 0 Å². The second kappa shape index (κ2) is 10.5. The van der Waals surface area contributed by atoms with E-state index in [1.807, 2.05) is 47.4 Å². The highest BCUT2D eigenvalue weighted by atomic mass is 32.2. The summed E-state index contributed by atoms with van der Waals surface area (Å²) in [6.45, 7) is 5.13. The number of para-hydroxylation sites is 1. The molecular formula is C23H29N3O2S. The highest BCUT2D eigenvalue weighted by Gasteiger charge is 2.23. The second-order valence-electron chi connectivity index (χ2n) is 7.26. The van der Waals surface area contributed by atoms with Crippen LogP contribution in [0.4, 0.5) is 5.69 Å². The first-order chi connectivity index (χ1) is 14.1. The predicted octanol–water partition coefficient (Wildman–Crippen LogP) is 3.51. The summed E-state index contributed by atoms with van der Waals surface area (Å²) < 4.78 is 0. The Bertz CT molecular complexity index is 848. The van der Waals surface area contributed by atoms with E-state index in [9.17, 15) is 9.59 Å². The molecule has 1 saturated heterocycles. The molecule has 1 N–H and O–H groups in total. The third kappa shape index (κ3) is 5.84. The van der Waals surface area contributed by atoms with Gasteiger partial charge >= 0.3 is 0 Å². The molecule has 6 heteroatoms. The number of amides is 2. The number of nitrogens with one attached hydrogen (secondary N) is 1. The van der Waals surface area contributed by atoms with Crippen molar-refractivity contribution in [2.45, 2.75) is 19.1 Å². The van der Waals surface area contributed by atoms with Crippen molar-refractivity contribution in [1.29, 1.82) is 0 Å². The zero-order valence-electron chi connectivity index (χ0n) is 17.2. The summed E-state index contributed by atoms with van der Waals surface area (Å²) >= 11 is 1.75. The largest absolute Gasteiger partial charge is 0.336 e. The number of thioether (sulfide) groups is 1. The van der Waals surface area contributed by atoms with E-state index in [0.717, 1.165) is 29.0 Å². The van der Waals surface area contributed by atoms with Crippen LogP contribution in [0, 0.1) is 0 Å². The van der Waals surface area contributed by atoms with E-state index in [1.54, 1.807) is 11.8 Å². The molecule has 1 aliphatic heterocycles. The second-order valence-corrected chi connectivity index (χ2v) is 8.13. The summed E-state index contributed by atoms with van der Waals surface area (Å²) in [6.07, 6.45) is 2.94. The van der Waals surface area contributed by atoms with Gasteiger partial charge in [0.25, 0.3) is 5.91 Å². The molecule has 1 heterocycles. The Labute approximate surface area is 177 Å². The lowest BCUT2D eigenvalue weighted by Gasteiger charge is -2.34. The normalized spacial score (nSPS) is 14.6. The molecule has 154 valence electrons.